The summed E-state index contributed by atoms with van der Waals surface area (Å²) in [6.07, 6.45) is 5.80. The number of hydrogen-bond acceptors (Lipinski definition) is 6. The quantitative estimate of drug-likeness (QED) is 0.300. The third-order valence-corrected chi connectivity index (χ3v) is 11.7. The Hall–Kier alpha value is -2.03. The molecule has 6 nitrogen and oxygen atoms in total. The van der Waals surface area contributed by atoms with Crippen LogP contribution in [0.1, 0.15) is 46.1 Å². The summed E-state index contributed by atoms with van der Waals surface area (Å²) in [6.45, 7) is 13.5. The molecule has 1 saturated carbocycles. The molecule has 0 amide bonds. The van der Waals surface area contributed by atoms with E-state index in [9.17, 15) is 4.79 Å². The molecule has 0 spiro atoms. The SMILES string of the molecule is CC1CC(C(=O)OCc2ccccc2)CC(O[Si](C)(C)C(C)(C)C)C1OC(=S)n1ccnc1. The Morgan fingerprint density at radius 3 is 2.52 bits per heavy atom. The van der Waals surface area contributed by atoms with Crippen molar-refractivity contribution in [3.8, 4) is 0 Å². The Balaban J connectivity index is 1.75. The van der Waals surface area contributed by atoms with Gasteiger partial charge in [-0.2, -0.15) is 0 Å². The number of imidazole rings is 1. The maximum Gasteiger partial charge on any atom is 0.309 e. The summed E-state index contributed by atoms with van der Waals surface area (Å²) in [5.41, 5.74) is 0.982. The van der Waals surface area contributed by atoms with Gasteiger partial charge in [0, 0.05) is 12.4 Å². The number of carbonyl (C=O) groups is 1. The van der Waals surface area contributed by atoms with Gasteiger partial charge in [-0.05, 0) is 54.7 Å². The van der Waals surface area contributed by atoms with Crippen molar-refractivity contribution in [2.24, 2.45) is 11.8 Å². The summed E-state index contributed by atoms with van der Waals surface area (Å²) >= 11 is 5.52. The zero-order valence-electron chi connectivity index (χ0n) is 20.5. The number of aromatic nitrogens is 2. The number of benzene rings is 1. The fourth-order valence-electron chi connectivity index (χ4n) is 3.91. The zero-order chi connectivity index (χ0) is 24.2. The van der Waals surface area contributed by atoms with Gasteiger partial charge in [0.15, 0.2) is 8.32 Å². The minimum atomic E-state index is -2.11. The van der Waals surface area contributed by atoms with E-state index in [1.165, 1.54) is 0 Å². The Bertz CT molecular complexity index is 928. The van der Waals surface area contributed by atoms with Crippen molar-refractivity contribution >= 4 is 31.7 Å². The third-order valence-electron chi connectivity index (χ3n) is 6.86. The number of hydrogen-bond donors (Lipinski definition) is 0. The number of ether oxygens (including phenoxy) is 2. The van der Waals surface area contributed by atoms with E-state index in [-0.39, 0.29) is 41.7 Å². The molecule has 2 aromatic rings. The highest BCUT2D eigenvalue weighted by atomic mass is 32.1. The first-order valence-electron chi connectivity index (χ1n) is 11.6. The summed E-state index contributed by atoms with van der Waals surface area (Å²) in [6, 6.07) is 9.76. The molecule has 0 bridgehead atoms. The van der Waals surface area contributed by atoms with E-state index in [0.29, 0.717) is 18.0 Å². The Labute approximate surface area is 203 Å². The standard InChI is InChI=1S/C25H36N2O4SSi/c1-18-14-20(23(28)29-16-19-10-8-7-9-11-19)15-21(31-33(5,6)25(2,3)4)22(18)30-24(32)27-13-12-26-17-27/h7-13,17-18,20-22H,14-16H2,1-6H3. The lowest BCUT2D eigenvalue weighted by atomic mass is 9.78. The van der Waals surface area contributed by atoms with Gasteiger partial charge in [-0.1, -0.05) is 58.0 Å². The van der Waals surface area contributed by atoms with Crippen LogP contribution in [-0.4, -0.2) is 41.2 Å². The van der Waals surface area contributed by atoms with Gasteiger partial charge in [-0.15, -0.1) is 0 Å². The Kier molecular flexibility index (Phi) is 8.13. The molecule has 1 heterocycles. The van der Waals surface area contributed by atoms with Crippen molar-refractivity contribution in [3.63, 3.8) is 0 Å². The van der Waals surface area contributed by atoms with E-state index in [1.807, 2.05) is 30.3 Å². The van der Waals surface area contributed by atoms with Gasteiger partial charge < -0.3 is 13.9 Å². The van der Waals surface area contributed by atoms with Crippen LogP contribution < -0.4 is 0 Å². The fraction of sp³-hybridized carbons (Fsp3) is 0.560. The molecular weight excluding hydrogens is 452 g/mol. The molecule has 33 heavy (non-hydrogen) atoms. The first-order chi connectivity index (χ1) is 15.5. The van der Waals surface area contributed by atoms with Crippen molar-refractivity contribution in [1.29, 1.82) is 0 Å². The van der Waals surface area contributed by atoms with Gasteiger partial charge in [0.05, 0.1) is 12.0 Å². The second kappa shape index (κ2) is 10.5. The van der Waals surface area contributed by atoms with Gasteiger partial charge in [0.1, 0.15) is 19.0 Å². The molecule has 3 rings (SSSR count). The lowest BCUT2D eigenvalue weighted by Crippen LogP contribution is -2.53. The molecule has 4 atom stereocenters. The highest BCUT2D eigenvalue weighted by molar-refractivity contribution is 7.80. The smallest absolute Gasteiger partial charge is 0.309 e. The van der Waals surface area contributed by atoms with Crippen LogP contribution in [0.3, 0.4) is 0 Å². The minimum absolute atomic E-state index is 0.0341. The van der Waals surface area contributed by atoms with Gasteiger partial charge in [-0.3, -0.25) is 9.36 Å². The van der Waals surface area contributed by atoms with Crippen LogP contribution in [0.4, 0.5) is 0 Å². The highest BCUT2D eigenvalue weighted by Crippen LogP contribution is 2.42. The molecular formula is C25H36N2O4SSi. The van der Waals surface area contributed by atoms with Gasteiger partial charge >= 0.3 is 5.97 Å². The lowest BCUT2D eigenvalue weighted by molar-refractivity contribution is -0.155. The normalized spacial score (nSPS) is 23.7. The molecule has 180 valence electrons. The zero-order valence-corrected chi connectivity index (χ0v) is 22.3. The monoisotopic (exact) mass is 488 g/mol. The molecule has 4 unspecified atom stereocenters. The van der Waals surface area contributed by atoms with Crippen molar-refractivity contribution in [3.05, 3.63) is 54.6 Å². The van der Waals surface area contributed by atoms with E-state index in [4.69, 9.17) is 26.1 Å². The molecule has 1 fully saturated rings. The van der Waals surface area contributed by atoms with E-state index >= 15 is 0 Å². The number of nitrogens with zero attached hydrogens (tertiary/aromatic N) is 2. The van der Waals surface area contributed by atoms with Crippen LogP contribution >= 0.6 is 12.2 Å². The maximum atomic E-state index is 13.0. The maximum absolute atomic E-state index is 13.0. The molecule has 1 aromatic carbocycles. The summed E-state index contributed by atoms with van der Waals surface area (Å²) in [4.78, 5) is 17.1. The van der Waals surface area contributed by atoms with Gasteiger partial charge in [-0.25, -0.2) is 4.98 Å². The topological polar surface area (TPSA) is 62.6 Å². The molecule has 0 radical (unpaired) electrons. The number of esters is 1. The number of rotatable bonds is 6. The molecule has 1 aliphatic rings. The summed E-state index contributed by atoms with van der Waals surface area (Å²) in [5, 5.41) is 0.380. The molecule has 0 saturated heterocycles. The van der Waals surface area contributed by atoms with Crippen LogP contribution in [0.15, 0.2) is 49.1 Å². The molecule has 1 aliphatic carbocycles. The van der Waals surface area contributed by atoms with Gasteiger partial charge in [0.25, 0.3) is 5.17 Å². The lowest BCUT2D eigenvalue weighted by Gasteiger charge is -2.45. The van der Waals surface area contributed by atoms with Crippen LogP contribution in [-0.2, 0) is 25.3 Å². The van der Waals surface area contributed by atoms with E-state index in [0.717, 1.165) is 5.56 Å². The van der Waals surface area contributed by atoms with Gasteiger partial charge in [0.2, 0.25) is 0 Å². The van der Waals surface area contributed by atoms with E-state index in [2.05, 4.69) is 45.8 Å². The largest absolute Gasteiger partial charge is 0.464 e. The molecule has 0 aliphatic heterocycles. The van der Waals surface area contributed by atoms with E-state index in [1.54, 1.807) is 23.3 Å². The average molecular weight is 489 g/mol. The second-order valence-electron chi connectivity index (χ2n) is 10.5. The van der Waals surface area contributed by atoms with Crippen molar-refractivity contribution < 1.29 is 18.7 Å². The van der Waals surface area contributed by atoms with Crippen LogP contribution in [0, 0.1) is 11.8 Å². The summed E-state index contributed by atoms with van der Waals surface area (Å²) in [7, 11) is -2.11. The predicted molar refractivity (Wildman–Crippen MR) is 135 cm³/mol. The third kappa shape index (κ3) is 6.52. The Morgan fingerprint density at radius 1 is 1.21 bits per heavy atom. The predicted octanol–water partition coefficient (Wildman–Crippen LogP) is 5.58. The summed E-state index contributed by atoms with van der Waals surface area (Å²) < 4.78 is 20.4. The average Bonchev–Trinajstić information content (AvgIpc) is 3.29. The second-order valence-corrected chi connectivity index (χ2v) is 15.6. The first-order valence-corrected chi connectivity index (χ1v) is 14.9. The van der Waals surface area contributed by atoms with Crippen LogP contribution in [0.25, 0.3) is 0 Å². The molecule has 0 N–H and O–H groups in total. The number of carbonyl (C=O) groups excluding carboxylic acids is 1. The fourth-order valence-corrected chi connectivity index (χ4v) is 5.47. The summed E-state index contributed by atoms with van der Waals surface area (Å²) in [5.74, 6) is -0.338. The van der Waals surface area contributed by atoms with Crippen molar-refractivity contribution in [2.75, 3.05) is 0 Å². The van der Waals surface area contributed by atoms with Crippen LogP contribution in [0.5, 0.6) is 0 Å². The van der Waals surface area contributed by atoms with E-state index < -0.39 is 8.32 Å². The minimum Gasteiger partial charge on any atom is -0.464 e. The molecule has 1 aromatic heterocycles. The number of thiocarbonyl (C=S) groups is 1. The van der Waals surface area contributed by atoms with Crippen molar-refractivity contribution in [1.82, 2.24) is 9.55 Å². The molecule has 8 heteroatoms. The van der Waals surface area contributed by atoms with Crippen LogP contribution in [0.2, 0.25) is 18.1 Å². The first kappa shape index (κ1) is 25.6. The highest BCUT2D eigenvalue weighted by Gasteiger charge is 2.47. The van der Waals surface area contributed by atoms with Crippen molar-refractivity contribution in [2.45, 2.75) is 77.5 Å². The Morgan fingerprint density at radius 2 is 1.91 bits per heavy atom.